The van der Waals surface area contributed by atoms with Crippen LogP contribution in [0.1, 0.15) is 0 Å². The first-order valence-corrected chi connectivity index (χ1v) is 6.35. The molecule has 0 saturated carbocycles. The Bertz CT molecular complexity index is 364. The molecule has 0 radical (unpaired) electrons. The number of nitrogen functional groups attached to an aromatic ring is 1. The van der Waals surface area contributed by atoms with Crippen LogP contribution in [0, 0.1) is 0 Å². The van der Waals surface area contributed by atoms with Crippen molar-refractivity contribution in [2.75, 3.05) is 50.3 Å². The van der Waals surface area contributed by atoms with Crippen LogP contribution < -0.4 is 16.4 Å². The number of benzene rings is 1. The Hall–Kier alpha value is -0.970. The van der Waals surface area contributed by atoms with Crippen molar-refractivity contribution in [1.82, 2.24) is 10.2 Å². The van der Waals surface area contributed by atoms with Crippen LogP contribution in [0.3, 0.4) is 0 Å². The molecule has 1 aromatic rings. The molecule has 4 N–H and O–H groups in total. The maximum Gasteiger partial charge on any atom is 0.0655 e. The summed E-state index contributed by atoms with van der Waals surface area (Å²) >= 11 is 5.96. The van der Waals surface area contributed by atoms with E-state index in [0.717, 1.165) is 45.0 Å². The lowest BCUT2D eigenvalue weighted by Crippen LogP contribution is -2.45. The molecule has 0 aliphatic carbocycles. The van der Waals surface area contributed by atoms with Crippen molar-refractivity contribution in [3.8, 4) is 0 Å². The van der Waals surface area contributed by atoms with E-state index in [9.17, 15) is 0 Å². The van der Waals surface area contributed by atoms with Gasteiger partial charge >= 0.3 is 0 Å². The number of nitrogens with one attached hydrogen (secondary N) is 2. The minimum absolute atomic E-state index is 0.608. The molecular weight excluding hydrogens is 236 g/mol. The first-order valence-electron chi connectivity index (χ1n) is 5.98. The molecule has 0 spiro atoms. The number of nitrogens with zero attached hydrogens (tertiary/aromatic N) is 1. The minimum Gasteiger partial charge on any atom is -0.398 e. The molecule has 5 heteroatoms. The summed E-state index contributed by atoms with van der Waals surface area (Å²) in [5, 5.41) is 7.31. The van der Waals surface area contributed by atoms with E-state index < -0.39 is 0 Å². The highest BCUT2D eigenvalue weighted by Crippen LogP contribution is 2.22. The van der Waals surface area contributed by atoms with Gasteiger partial charge in [0.25, 0.3) is 0 Å². The summed E-state index contributed by atoms with van der Waals surface area (Å²) in [6.45, 7) is 6.43. The highest BCUT2D eigenvalue weighted by molar-refractivity contribution is 6.33. The molecule has 17 heavy (non-hydrogen) atoms. The Kier molecular flexibility index (Phi) is 4.48. The average molecular weight is 255 g/mol. The molecule has 1 aliphatic heterocycles. The van der Waals surface area contributed by atoms with E-state index >= 15 is 0 Å². The van der Waals surface area contributed by atoms with Crippen molar-refractivity contribution < 1.29 is 0 Å². The van der Waals surface area contributed by atoms with Crippen LogP contribution >= 0.6 is 11.6 Å². The van der Waals surface area contributed by atoms with Gasteiger partial charge in [0.2, 0.25) is 0 Å². The van der Waals surface area contributed by atoms with E-state index in [2.05, 4.69) is 15.5 Å². The van der Waals surface area contributed by atoms with E-state index in [1.54, 1.807) is 0 Å². The first-order chi connectivity index (χ1) is 8.25. The highest BCUT2D eigenvalue weighted by Gasteiger charge is 2.08. The van der Waals surface area contributed by atoms with Crippen molar-refractivity contribution in [3.05, 3.63) is 23.2 Å². The van der Waals surface area contributed by atoms with Crippen molar-refractivity contribution in [2.45, 2.75) is 0 Å². The molecule has 1 aromatic carbocycles. The molecule has 1 aliphatic rings. The normalized spacial score (nSPS) is 17.0. The SMILES string of the molecule is Nc1ccc(NCCN2CCNCC2)cc1Cl. The molecule has 0 atom stereocenters. The molecule has 4 nitrogen and oxygen atoms in total. The number of nitrogens with two attached hydrogens (primary N) is 1. The predicted octanol–water partition coefficient (Wildman–Crippen LogP) is 1.24. The Morgan fingerprint density at radius 1 is 1.35 bits per heavy atom. The summed E-state index contributed by atoms with van der Waals surface area (Å²) in [5.74, 6) is 0. The lowest BCUT2D eigenvalue weighted by atomic mass is 10.3. The standard InChI is InChI=1S/C12H19ClN4/c13-11-9-10(1-2-12(11)14)16-5-8-17-6-3-15-4-7-17/h1-2,9,15-16H,3-8,14H2. The lowest BCUT2D eigenvalue weighted by molar-refractivity contribution is 0.249. The maximum atomic E-state index is 5.96. The Morgan fingerprint density at radius 2 is 2.12 bits per heavy atom. The summed E-state index contributed by atoms with van der Waals surface area (Å²) in [6, 6.07) is 5.66. The predicted molar refractivity (Wildman–Crippen MR) is 73.7 cm³/mol. The van der Waals surface area contributed by atoms with E-state index in [-0.39, 0.29) is 0 Å². The zero-order valence-electron chi connectivity index (χ0n) is 9.88. The number of halogens is 1. The fourth-order valence-corrected chi connectivity index (χ4v) is 2.11. The smallest absolute Gasteiger partial charge is 0.0655 e. The van der Waals surface area contributed by atoms with Gasteiger partial charge in [0.05, 0.1) is 10.7 Å². The van der Waals surface area contributed by atoms with Gasteiger partial charge in [-0.3, -0.25) is 4.90 Å². The summed E-state index contributed by atoms with van der Waals surface area (Å²) in [4.78, 5) is 2.45. The van der Waals surface area contributed by atoms with Gasteiger partial charge in [-0.25, -0.2) is 0 Å². The van der Waals surface area contributed by atoms with Gasteiger partial charge in [-0.15, -0.1) is 0 Å². The average Bonchev–Trinajstić information content (AvgIpc) is 2.35. The van der Waals surface area contributed by atoms with Crippen LogP contribution in [0.5, 0.6) is 0 Å². The minimum atomic E-state index is 0.608. The molecule has 0 aromatic heterocycles. The quantitative estimate of drug-likeness (QED) is 0.708. The molecule has 1 fully saturated rings. The van der Waals surface area contributed by atoms with Crippen molar-refractivity contribution in [3.63, 3.8) is 0 Å². The monoisotopic (exact) mass is 254 g/mol. The van der Waals surface area contributed by atoms with Crippen LogP contribution in [-0.4, -0.2) is 44.2 Å². The van der Waals surface area contributed by atoms with E-state index in [0.29, 0.717) is 10.7 Å². The molecular formula is C12H19ClN4. The van der Waals surface area contributed by atoms with Crippen LogP contribution in [-0.2, 0) is 0 Å². The molecule has 0 amide bonds. The fourth-order valence-electron chi connectivity index (χ4n) is 1.93. The van der Waals surface area contributed by atoms with Gasteiger partial charge in [0.1, 0.15) is 0 Å². The number of hydrogen-bond donors (Lipinski definition) is 3. The molecule has 2 rings (SSSR count). The zero-order chi connectivity index (χ0) is 12.1. The maximum absolute atomic E-state index is 5.96. The van der Waals surface area contributed by atoms with Crippen LogP contribution in [0.25, 0.3) is 0 Å². The Morgan fingerprint density at radius 3 is 2.82 bits per heavy atom. The number of piperazine rings is 1. The Balaban J connectivity index is 1.75. The number of rotatable bonds is 4. The molecule has 1 saturated heterocycles. The molecule has 1 heterocycles. The van der Waals surface area contributed by atoms with E-state index in [4.69, 9.17) is 17.3 Å². The van der Waals surface area contributed by atoms with Gasteiger partial charge in [-0.2, -0.15) is 0 Å². The van der Waals surface area contributed by atoms with Crippen molar-refractivity contribution in [2.24, 2.45) is 0 Å². The molecule has 0 unspecified atom stereocenters. The summed E-state index contributed by atoms with van der Waals surface area (Å²) in [5.41, 5.74) is 7.31. The second kappa shape index (κ2) is 6.10. The zero-order valence-corrected chi connectivity index (χ0v) is 10.6. The summed E-state index contributed by atoms with van der Waals surface area (Å²) < 4.78 is 0. The third-order valence-electron chi connectivity index (χ3n) is 2.97. The third-order valence-corrected chi connectivity index (χ3v) is 3.29. The third kappa shape index (κ3) is 3.77. The van der Waals surface area contributed by atoms with Crippen molar-refractivity contribution in [1.29, 1.82) is 0 Å². The van der Waals surface area contributed by atoms with Gasteiger partial charge in [0.15, 0.2) is 0 Å². The van der Waals surface area contributed by atoms with E-state index in [1.807, 2.05) is 18.2 Å². The highest BCUT2D eigenvalue weighted by atomic mass is 35.5. The van der Waals surface area contributed by atoms with Gasteiger partial charge in [0, 0.05) is 45.0 Å². The van der Waals surface area contributed by atoms with Crippen LogP contribution in [0.4, 0.5) is 11.4 Å². The lowest BCUT2D eigenvalue weighted by Gasteiger charge is -2.27. The second-order valence-electron chi connectivity index (χ2n) is 4.25. The molecule has 94 valence electrons. The number of hydrogen-bond acceptors (Lipinski definition) is 4. The van der Waals surface area contributed by atoms with Crippen LogP contribution in [0.15, 0.2) is 18.2 Å². The van der Waals surface area contributed by atoms with Gasteiger partial charge in [-0.05, 0) is 18.2 Å². The summed E-state index contributed by atoms with van der Waals surface area (Å²) in [7, 11) is 0. The Labute approximate surface area is 107 Å². The molecule has 0 bridgehead atoms. The largest absolute Gasteiger partial charge is 0.398 e. The topological polar surface area (TPSA) is 53.3 Å². The van der Waals surface area contributed by atoms with Crippen molar-refractivity contribution >= 4 is 23.0 Å². The number of anilines is 2. The fraction of sp³-hybridized carbons (Fsp3) is 0.500. The van der Waals surface area contributed by atoms with Crippen LogP contribution in [0.2, 0.25) is 5.02 Å². The summed E-state index contributed by atoms with van der Waals surface area (Å²) in [6.07, 6.45) is 0. The second-order valence-corrected chi connectivity index (χ2v) is 4.66. The van der Waals surface area contributed by atoms with E-state index in [1.165, 1.54) is 0 Å². The first kappa shape index (κ1) is 12.5. The van der Waals surface area contributed by atoms with Gasteiger partial charge < -0.3 is 16.4 Å². The van der Waals surface area contributed by atoms with Gasteiger partial charge in [-0.1, -0.05) is 11.6 Å².